The van der Waals surface area contributed by atoms with Crippen molar-refractivity contribution in [1.29, 1.82) is 0 Å². The van der Waals surface area contributed by atoms with E-state index < -0.39 is 9.84 Å². The molecule has 0 radical (unpaired) electrons. The first-order chi connectivity index (χ1) is 14.5. The highest BCUT2D eigenvalue weighted by molar-refractivity contribution is 7.91. The number of pyridine rings is 1. The lowest BCUT2D eigenvalue weighted by atomic mass is 10.2. The number of hydrogen-bond donors (Lipinski definition) is 2. The monoisotopic (exact) mass is 425 g/mol. The lowest BCUT2D eigenvalue weighted by molar-refractivity contribution is 0.0954. The fraction of sp³-hybridized carbons (Fsp3) is 0.182. The first-order valence-electron chi connectivity index (χ1n) is 9.42. The zero-order valence-electron chi connectivity index (χ0n) is 16.5. The van der Waals surface area contributed by atoms with Gasteiger partial charge >= 0.3 is 0 Å². The van der Waals surface area contributed by atoms with Crippen molar-refractivity contribution >= 4 is 27.2 Å². The molecule has 0 saturated heterocycles. The molecule has 0 aliphatic rings. The van der Waals surface area contributed by atoms with Crippen LogP contribution in [-0.4, -0.2) is 38.7 Å². The molecule has 2 N–H and O–H groups in total. The lowest BCUT2D eigenvalue weighted by Gasteiger charge is -2.13. The minimum atomic E-state index is -3.37. The Labute approximate surface area is 176 Å². The lowest BCUT2D eigenvalue weighted by Crippen LogP contribution is -2.27. The summed E-state index contributed by atoms with van der Waals surface area (Å²) in [4.78, 5) is 17.2. The third kappa shape index (κ3) is 5.36. The average molecular weight is 426 g/mol. The van der Waals surface area contributed by atoms with Crippen LogP contribution in [0.4, 0.5) is 11.5 Å². The van der Waals surface area contributed by atoms with Crippen molar-refractivity contribution in [2.24, 2.45) is 0 Å². The van der Waals surface area contributed by atoms with E-state index in [2.05, 4.69) is 15.6 Å². The molecule has 2 aromatic carbocycles. The molecule has 1 aromatic heterocycles. The molecule has 1 heterocycles. The molecule has 8 heteroatoms. The number of ether oxygens (including phenoxy) is 1. The number of sulfone groups is 1. The Morgan fingerprint density at radius 1 is 1.00 bits per heavy atom. The van der Waals surface area contributed by atoms with Crippen LogP contribution >= 0.6 is 0 Å². The molecule has 0 spiro atoms. The summed E-state index contributed by atoms with van der Waals surface area (Å²) in [7, 11) is -1.80. The summed E-state index contributed by atoms with van der Waals surface area (Å²) in [6.45, 7) is 0.230. The highest BCUT2D eigenvalue weighted by atomic mass is 32.2. The summed E-state index contributed by atoms with van der Waals surface area (Å²) in [6, 6.07) is 18.9. The molecule has 156 valence electrons. The van der Waals surface area contributed by atoms with Crippen molar-refractivity contribution in [2.45, 2.75) is 11.3 Å². The summed E-state index contributed by atoms with van der Waals surface area (Å²) in [5, 5.41) is 5.88. The van der Waals surface area contributed by atoms with E-state index in [-0.39, 0.29) is 23.1 Å². The van der Waals surface area contributed by atoms with Crippen molar-refractivity contribution in [3.8, 4) is 5.75 Å². The van der Waals surface area contributed by atoms with Gasteiger partial charge in [-0.25, -0.2) is 13.4 Å². The number of methoxy groups -OCH3 is 1. The van der Waals surface area contributed by atoms with Gasteiger partial charge in [-0.05, 0) is 42.8 Å². The number of hydrogen-bond acceptors (Lipinski definition) is 6. The molecular formula is C22H23N3O4S. The summed E-state index contributed by atoms with van der Waals surface area (Å²) >= 11 is 0. The molecule has 0 fully saturated rings. The van der Waals surface area contributed by atoms with Crippen LogP contribution in [0.1, 0.15) is 16.8 Å². The molecule has 7 nitrogen and oxygen atoms in total. The SMILES string of the molecule is COc1ccccc1Nc1ncccc1C(=O)NCCCS(=O)(=O)c1ccccc1. The smallest absolute Gasteiger partial charge is 0.255 e. The number of nitrogens with zero attached hydrogens (tertiary/aromatic N) is 1. The summed E-state index contributed by atoms with van der Waals surface area (Å²) in [6.07, 6.45) is 1.89. The van der Waals surface area contributed by atoms with Gasteiger partial charge in [-0.1, -0.05) is 30.3 Å². The Hall–Kier alpha value is -3.39. The maximum absolute atomic E-state index is 12.6. The van der Waals surface area contributed by atoms with Crippen LogP contribution in [0.2, 0.25) is 0 Å². The van der Waals surface area contributed by atoms with Crippen molar-refractivity contribution in [2.75, 3.05) is 24.7 Å². The van der Waals surface area contributed by atoms with Gasteiger partial charge in [-0.15, -0.1) is 0 Å². The van der Waals surface area contributed by atoms with Gasteiger partial charge in [0.25, 0.3) is 5.91 Å². The van der Waals surface area contributed by atoms with Crippen LogP contribution in [0.3, 0.4) is 0 Å². The van der Waals surface area contributed by atoms with Gasteiger partial charge in [0.05, 0.1) is 29.0 Å². The molecule has 0 bridgehead atoms. The Bertz CT molecular complexity index is 1100. The highest BCUT2D eigenvalue weighted by Crippen LogP contribution is 2.27. The Morgan fingerprint density at radius 3 is 2.50 bits per heavy atom. The number of nitrogens with one attached hydrogen (secondary N) is 2. The minimum Gasteiger partial charge on any atom is -0.495 e. The van der Waals surface area contributed by atoms with Crippen molar-refractivity contribution < 1.29 is 17.9 Å². The molecule has 0 aliphatic heterocycles. The van der Waals surface area contributed by atoms with Crippen LogP contribution in [0.25, 0.3) is 0 Å². The molecule has 0 aliphatic carbocycles. The fourth-order valence-corrected chi connectivity index (χ4v) is 4.20. The van der Waals surface area contributed by atoms with E-state index in [1.54, 1.807) is 61.8 Å². The largest absolute Gasteiger partial charge is 0.495 e. The number of para-hydroxylation sites is 2. The van der Waals surface area contributed by atoms with Gasteiger partial charge in [0.1, 0.15) is 11.6 Å². The van der Waals surface area contributed by atoms with Crippen LogP contribution in [0, 0.1) is 0 Å². The van der Waals surface area contributed by atoms with E-state index in [0.717, 1.165) is 0 Å². The second-order valence-electron chi connectivity index (χ2n) is 6.47. The number of rotatable bonds is 9. The highest BCUT2D eigenvalue weighted by Gasteiger charge is 2.16. The van der Waals surface area contributed by atoms with Crippen molar-refractivity contribution in [3.05, 3.63) is 78.5 Å². The van der Waals surface area contributed by atoms with E-state index in [4.69, 9.17) is 4.74 Å². The first kappa shape index (κ1) is 21.3. The third-order valence-corrected chi connectivity index (χ3v) is 6.21. The number of aromatic nitrogens is 1. The predicted molar refractivity (Wildman–Crippen MR) is 116 cm³/mol. The van der Waals surface area contributed by atoms with Gasteiger partial charge in [0, 0.05) is 12.7 Å². The predicted octanol–water partition coefficient (Wildman–Crippen LogP) is 3.43. The number of benzene rings is 2. The number of anilines is 2. The van der Waals surface area contributed by atoms with Crippen LogP contribution in [0.15, 0.2) is 77.8 Å². The molecule has 1 amide bonds. The quantitative estimate of drug-likeness (QED) is 0.510. The molecule has 30 heavy (non-hydrogen) atoms. The molecule has 0 saturated carbocycles. The number of carbonyl (C=O) groups is 1. The first-order valence-corrected chi connectivity index (χ1v) is 11.1. The van der Waals surface area contributed by atoms with E-state index in [0.29, 0.717) is 29.2 Å². The second-order valence-corrected chi connectivity index (χ2v) is 8.58. The van der Waals surface area contributed by atoms with E-state index >= 15 is 0 Å². The Morgan fingerprint density at radius 2 is 1.73 bits per heavy atom. The summed E-state index contributed by atoms with van der Waals surface area (Å²) in [5.41, 5.74) is 1.04. The zero-order valence-corrected chi connectivity index (χ0v) is 17.4. The summed E-state index contributed by atoms with van der Waals surface area (Å²) < 4.78 is 30.0. The standard InChI is InChI=1S/C22H23N3O4S/c1-29-20-13-6-5-12-19(20)25-21-18(11-7-14-23-21)22(26)24-15-8-16-30(27,28)17-9-3-2-4-10-17/h2-7,9-14H,8,15-16H2,1H3,(H,23,25)(H,24,26). The molecule has 3 aromatic rings. The minimum absolute atomic E-state index is 0.0450. The fourth-order valence-electron chi connectivity index (χ4n) is 2.87. The third-order valence-electron chi connectivity index (χ3n) is 4.39. The normalized spacial score (nSPS) is 11.0. The van der Waals surface area contributed by atoms with Crippen molar-refractivity contribution in [1.82, 2.24) is 10.3 Å². The topological polar surface area (TPSA) is 97.4 Å². The van der Waals surface area contributed by atoms with Gasteiger partial charge in [-0.2, -0.15) is 0 Å². The molecule has 0 unspecified atom stereocenters. The van der Waals surface area contributed by atoms with Crippen LogP contribution in [0.5, 0.6) is 5.75 Å². The molecule has 0 atom stereocenters. The zero-order chi connectivity index (χ0) is 21.4. The maximum Gasteiger partial charge on any atom is 0.255 e. The van der Waals surface area contributed by atoms with Gasteiger partial charge in [0.15, 0.2) is 9.84 Å². The maximum atomic E-state index is 12.6. The van der Waals surface area contributed by atoms with Gasteiger partial charge in [0.2, 0.25) is 0 Å². The Kier molecular flexibility index (Phi) is 7.03. The van der Waals surface area contributed by atoms with Crippen molar-refractivity contribution in [3.63, 3.8) is 0 Å². The van der Waals surface area contributed by atoms with E-state index in [1.807, 2.05) is 18.2 Å². The number of carbonyl (C=O) groups excluding carboxylic acids is 1. The Balaban J connectivity index is 1.61. The summed E-state index contributed by atoms with van der Waals surface area (Å²) in [5.74, 6) is 0.631. The average Bonchev–Trinajstić information content (AvgIpc) is 2.78. The second kappa shape index (κ2) is 9.89. The molecular weight excluding hydrogens is 402 g/mol. The van der Waals surface area contributed by atoms with Crippen LogP contribution < -0.4 is 15.4 Å². The van der Waals surface area contributed by atoms with Crippen LogP contribution in [-0.2, 0) is 9.84 Å². The van der Waals surface area contributed by atoms with Gasteiger partial charge in [-0.3, -0.25) is 4.79 Å². The van der Waals surface area contributed by atoms with E-state index in [1.165, 1.54) is 0 Å². The molecule has 3 rings (SSSR count). The van der Waals surface area contributed by atoms with E-state index in [9.17, 15) is 13.2 Å². The van der Waals surface area contributed by atoms with Gasteiger partial charge < -0.3 is 15.4 Å². The number of amides is 1.